The highest BCUT2D eigenvalue weighted by atomic mass is 16.5. The standard InChI is InChI=1S/C22H26N6O2/c1-22-9-12(22)7-14-16(10-22)26-27-18(14)20-24-15-8-13(11-23-19(15)25-20)28(2)21(29)17-5-3-4-6-30-17/h8,11-12,17H,3-7,9-10H2,1-2H3,(H,26,27)(H,23,24,25)/t12-,17?,22-/m1/s1. The van der Waals surface area contributed by atoms with E-state index in [0.717, 1.165) is 60.7 Å². The van der Waals surface area contributed by atoms with E-state index < -0.39 is 0 Å². The Morgan fingerprint density at radius 1 is 1.37 bits per heavy atom. The summed E-state index contributed by atoms with van der Waals surface area (Å²) in [6.07, 6.45) is 7.59. The number of aromatic amines is 2. The number of nitrogens with zero attached hydrogens (tertiary/aromatic N) is 4. The molecule has 156 valence electrons. The van der Waals surface area contributed by atoms with E-state index >= 15 is 0 Å². The molecular weight excluding hydrogens is 380 g/mol. The fourth-order valence-corrected chi connectivity index (χ4v) is 5.12. The Balaban J connectivity index is 1.29. The molecule has 0 radical (unpaired) electrons. The predicted octanol–water partition coefficient (Wildman–Crippen LogP) is 3.00. The molecule has 1 aliphatic heterocycles. The first-order valence-electron chi connectivity index (χ1n) is 10.8. The van der Waals surface area contributed by atoms with Crippen molar-refractivity contribution < 1.29 is 9.53 Å². The molecular formula is C22H26N6O2. The van der Waals surface area contributed by atoms with Crippen molar-refractivity contribution in [1.29, 1.82) is 0 Å². The van der Waals surface area contributed by atoms with E-state index in [2.05, 4.69) is 32.1 Å². The van der Waals surface area contributed by atoms with Gasteiger partial charge < -0.3 is 14.6 Å². The zero-order valence-corrected chi connectivity index (χ0v) is 17.4. The van der Waals surface area contributed by atoms with Crippen molar-refractivity contribution in [2.24, 2.45) is 11.3 Å². The molecule has 3 aliphatic rings. The monoisotopic (exact) mass is 406 g/mol. The average Bonchev–Trinajstić information content (AvgIpc) is 3.07. The molecule has 3 aromatic heterocycles. The summed E-state index contributed by atoms with van der Waals surface area (Å²) in [5.41, 5.74) is 6.06. The van der Waals surface area contributed by atoms with Gasteiger partial charge in [0.15, 0.2) is 11.5 Å². The van der Waals surface area contributed by atoms with Crippen LogP contribution in [0.2, 0.25) is 0 Å². The minimum atomic E-state index is -0.361. The van der Waals surface area contributed by atoms with Crippen LogP contribution in [0.4, 0.5) is 5.69 Å². The molecule has 1 saturated heterocycles. The van der Waals surface area contributed by atoms with Crippen LogP contribution in [0.5, 0.6) is 0 Å². The van der Waals surface area contributed by atoms with Gasteiger partial charge in [-0.2, -0.15) is 5.10 Å². The van der Waals surface area contributed by atoms with Crippen LogP contribution in [0, 0.1) is 11.3 Å². The number of hydrogen-bond donors (Lipinski definition) is 2. The maximum Gasteiger partial charge on any atom is 0.255 e. The number of likely N-dealkylation sites (N-methyl/N-ethyl adjacent to an activating group) is 1. The number of ether oxygens (including phenoxy) is 1. The SMILES string of the molecule is CN(C(=O)C1CCCCO1)c1cnc2nc(-c3n[nH]c4c3C[C@@H]3C[C@]3(C)C4)[nH]c2c1. The summed E-state index contributed by atoms with van der Waals surface area (Å²) in [6.45, 7) is 3.02. The first-order valence-corrected chi connectivity index (χ1v) is 10.8. The Morgan fingerprint density at radius 2 is 2.27 bits per heavy atom. The van der Waals surface area contributed by atoms with Gasteiger partial charge in [-0.05, 0) is 55.9 Å². The van der Waals surface area contributed by atoms with Crippen LogP contribution in [0.25, 0.3) is 22.7 Å². The normalized spacial score (nSPS) is 27.5. The van der Waals surface area contributed by atoms with Crippen LogP contribution in [0.1, 0.15) is 43.9 Å². The van der Waals surface area contributed by atoms with Crippen molar-refractivity contribution in [3.8, 4) is 11.5 Å². The van der Waals surface area contributed by atoms with Gasteiger partial charge in [0, 0.05) is 24.9 Å². The Hall–Kier alpha value is -2.74. The number of hydrogen-bond acceptors (Lipinski definition) is 5. The van der Waals surface area contributed by atoms with E-state index in [-0.39, 0.29) is 12.0 Å². The summed E-state index contributed by atoms with van der Waals surface area (Å²) in [5, 5.41) is 7.80. The molecule has 1 amide bonds. The maximum absolute atomic E-state index is 12.8. The van der Waals surface area contributed by atoms with Crippen LogP contribution in [-0.4, -0.2) is 50.8 Å². The number of fused-ring (bicyclic) bond motifs is 3. The minimum Gasteiger partial charge on any atom is -0.368 e. The van der Waals surface area contributed by atoms with Gasteiger partial charge in [0.05, 0.1) is 17.4 Å². The number of anilines is 1. The van der Waals surface area contributed by atoms with Crippen molar-refractivity contribution in [1.82, 2.24) is 25.1 Å². The Labute approximate surface area is 174 Å². The maximum atomic E-state index is 12.8. The summed E-state index contributed by atoms with van der Waals surface area (Å²) in [5.74, 6) is 1.47. The molecule has 1 saturated carbocycles. The molecule has 8 nitrogen and oxygen atoms in total. The second-order valence-electron chi connectivity index (χ2n) is 9.37. The summed E-state index contributed by atoms with van der Waals surface area (Å²) >= 11 is 0. The van der Waals surface area contributed by atoms with Gasteiger partial charge in [-0.3, -0.25) is 9.89 Å². The largest absolute Gasteiger partial charge is 0.368 e. The first kappa shape index (κ1) is 18.1. The molecule has 2 aliphatic carbocycles. The zero-order chi connectivity index (χ0) is 20.5. The van der Waals surface area contributed by atoms with Gasteiger partial charge in [-0.25, -0.2) is 9.97 Å². The van der Waals surface area contributed by atoms with E-state index in [0.29, 0.717) is 17.7 Å². The van der Waals surface area contributed by atoms with E-state index in [1.165, 1.54) is 17.7 Å². The van der Waals surface area contributed by atoms with E-state index in [4.69, 9.17) is 4.74 Å². The summed E-state index contributed by atoms with van der Waals surface area (Å²) in [6, 6.07) is 1.93. The molecule has 6 rings (SSSR count). The minimum absolute atomic E-state index is 0.0237. The molecule has 30 heavy (non-hydrogen) atoms. The third-order valence-electron chi connectivity index (χ3n) is 7.24. The van der Waals surface area contributed by atoms with Crippen LogP contribution < -0.4 is 4.90 Å². The van der Waals surface area contributed by atoms with E-state index in [1.807, 2.05) is 6.07 Å². The topological polar surface area (TPSA) is 99.8 Å². The lowest BCUT2D eigenvalue weighted by Gasteiger charge is -2.26. The molecule has 0 bridgehead atoms. The number of amides is 1. The Morgan fingerprint density at radius 3 is 3.10 bits per heavy atom. The van der Waals surface area contributed by atoms with Crippen molar-refractivity contribution in [2.75, 3.05) is 18.6 Å². The fourth-order valence-electron chi connectivity index (χ4n) is 5.12. The highest BCUT2D eigenvalue weighted by Crippen LogP contribution is 2.59. The molecule has 0 spiro atoms. The lowest BCUT2D eigenvalue weighted by molar-refractivity contribution is -0.132. The highest BCUT2D eigenvalue weighted by molar-refractivity contribution is 5.97. The van der Waals surface area contributed by atoms with Gasteiger partial charge in [0.25, 0.3) is 5.91 Å². The number of rotatable bonds is 3. The number of imidazole rings is 1. The second-order valence-corrected chi connectivity index (χ2v) is 9.37. The summed E-state index contributed by atoms with van der Waals surface area (Å²) in [4.78, 5) is 27.0. The highest BCUT2D eigenvalue weighted by Gasteiger charge is 2.53. The average molecular weight is 406 g/mol. The van der Waals surface area contributed by atoms with Gasteiger partial charge in [0.1, 0.15) is 11.8 Å². The number of carbonyl (C=O) groups is 1. The fraction of sp³-hybridized carbons (Fsp3) is 0.545. The van der Waals surface area contributed by atoms with Crippen LogP contribution >= 0.6 is 0 Å². The Kier molecular flexibility index (Phi) is 3.84. The molecule has 3 aromatic rings. The van der Waals surface area contributed by atoms with Gasteiger partial charge in [-0.15, -0.1) is 0 Å². The predicted molar refractivity (Wildman–Crippen MR) is 112 cm³/mol. The van der Waals surface area contributed by atoms with Crippen LogP contribution in [0.3, 0.4) is 0 Å². The number of aromatic nitrogens is 5. The molecule has 2 N–H and O–H groups in total. The molecule has 2 fully saturated rings. The van der Waals surface area contributed by atoms with Crippen molar-refractivity contribution in [3.63, 3.8) is 0 Å². The Bertz CT molecular complexity index is 1140. The molecule has 4 heterocycles. The van der Waals surface area contributed by atoms with Crippen molar-refractivity contribution >= 4 is 22.8 Å². The third-order valence-corrected chi connectivity index (χ3v) is 7.24. The molecule has 1 unspecified atom stereocenters. The lowest BCUT2D eigenvalue weighted by Crippen LogP contribution is -2.39. The quantitative estimate of drug-likeness (QED) is 0.696. The number of carbonyl (C=O) groups excluding carboxylic acids is 1. The number of H-pyrrole nitrogens is 2. The molecule has 3 atom stereocenters. The van der Waals surface area contributed by atoms with Gasteiger partial charge >= 0.3 is 0 Å². The van der Waals surface area contributed by atoms with E-state index in [1.54, 1.807) is 18.1 Å². The molecule has 8 heteroatoms. The lowest BCUT2D eigenvalue weighted by atomic mass is 9.88. The van der Waals surface area contributed by atoms with Crippen LogP contribution in [-0.2, 0) is 22.4 Å². The number of nitrogens with one attached hydrogen (secondary N) is 2. The van der Waals surface area contributed by atoms with Crippen LogP contribution in [0.15, 0.2) is 12.3 Å². The van der Waals surface area contributed by atoms with Gasteiger partial charge in [0.2, 0.25) is 0 Å². The first-order chi connectivity index (χ1) is 14.5. The summed E-state index contributed by atoms with van der Waals surface area (Å²) in [7, 11) is 1.77. The number of pyridine rings is 1. The van der Waals surface area contributed by atoms with Gasteiger partial charge in [-0.1, -0.05) is 6.92 Å². The van der Waals surface area contributed by atoms with E-state index in [9.17, 15) is 4.79 Å². The second kappa shape index (κ2) is 6.38. The van der Waals surface area contributed by atoms with Crippen molar-refractivity contribution in [2.45, 2.75) is 51.6 Å². The smallest absolute Gasteiger partial charge is 0.255 e. The van der Waals surface area contributed by atoms with Crippen molar-refractivity contribution in [3.05, 3.63) is 23.5 Å². The summed E-state index contributed by atoms with van der Waals surface area (Å²) < 4.78 is 5.65. The zero-order valence-electron chi connectivity index (χ0n) is 17.4. The molecule has 0 aromatic carbocycles. The third kappa shape index (κ3) is 2.77.